The van der Waals surface area contributed by atoms with Gasteiger partial charge in [-0.2, -0.15) is 0 Å². The lowest BCUT2D eigenvalue weighted by Crippen LogP contribution is -2.33. The summed E-state index contributed by atoms with van der Waals surface area (Å²) in [6.45, 7) is 2.59. The first kappa shape index (κ1) is 13.5. The van der Waals surface area contributed by atoms with Crippen LogP contribution in [-0.2, 0) is 16.0 Å². The molecule has 0 aliphatic carbocycles. The van der Waals surface area contributed by atoms with Gasteiger partial charge in [-0.1, -0.05) is 0 Å². The van der Waals surface area contributed by atoms with Gasteiger partial charge in [0.25, 0.3) is 0 Å². The molecule has 1 aromatic rings. The number of esters is 1. The summed E-state index contributed by atoms with van der Waals surface area (Å²) >= 11 is 0. The average Bonchev–Trinajstić information content (AvgIpc) is 2.85. The largest absolute Gasteiger partial charge is 0.493 e. The van der Waals surface area contributed by atoms with E-state index in [4.69, 9.17) is 19.9 Å². The molecule has 6 heteroatoms. The third-order valence-electron chi connectivity index (χ3n) is 2.80. The van der Waals surface area contributed by atoms with Crippen LogP contribution in [0, 0.1) is 0 Å². The summed E-state index contributed by atoms with van der Waals surface area (Å²) < 4.78 is 20.7. The van der Waals surface area contributed by atoms with Crippen molar-refractivity contribution < 1.29 is 23.7 Å². The van der Waals surface area contributed by atoms with Gasteiger partial charge in [0.15, 0.2) is 11.5 Å². The maximum atomic E-state index is 11.4. The van der Waals surface area contributed by atoms with E-state index in [9.17, 15) is 4.79 Å². The molecule has 1 aliphatic rings. The Kier molecular flexibility index (Phi) is 4.11. The Morgan fingerprint density at radius 2 is 2.11 bits per heavy atom. The zero-order valence-corrected chi connectivity index (χ0v) is 11.0. The Balaban J connectivity index is 2.24. The first-order valence-corrected chi connectivity index (χ1v) is 6.04. The molecular weight excluding hydrogens is 250 g/mol. The highest BCUT2D eigenvalue weighted by molar-refractivity contribution is 5.76. The average molecular weight is 267 g/mol. The molecule has 0 radical (unpaired) electrons. The van der Waals surface area contributed by atoms with E-state index < -0.39 is 12.0 Å². The second-order valence-corrected chi connectivity index (χ2v) is 4.08. The van der Waals surface area contributed by atoms with Gasteiger partial charge in [0, 0.05) is 18.1 Å². The highest BCUT2D eigenvalue weighted by Gasteiger charge is 2.22. The van der Waals surface area contributed by atoms with E-state index in [1.165, 1.54) is 7.11 Å². The molecule has 0 bridgehead atoms. The summed E-state index contributed by atoms with van der Waals surface area (Å²) in [6.07, 6.45) is 0.318. The summed E-state index contributed by atoms with van der Waals surface area (Å²) in [5, 5.41) is 0. The van der Waals surface area contributed by atoms with Gasteiger partial charge in [-0.3, -0.25) is 4.79 Å². The highest BCUT2D eigenvalue weighted by Crippen LogP contribution is 2.38. The molecule has 1 heterocycles. The van der Waals surface area contributed by atoms with Crippen LogP contribution >= 0.6 is 0 Å². The van der Waals surface area contributed by atoms with Crippen LogP contribution in [0.2, 0.25) is 0 Å². The number of nitrogens with two attached hydrogens (primary N) is 1. The maximum absolute atomic E-state index is 11.4. The van der Waals surface area contributed by atoms with Crippen molar-refractivity contribution in [2.45, 2.75) is 19.4 Å². The van der Waals surface area contributed by atoms with E-state index in [0.29, 0.717) is 30.3 Å². The second-order valence-electron chi connectivity index (χ2n) is 4.08. The van der Waals surface area contributed by atoms with Crippen molar-refractivity contribution in [1.82, 2.24) is 0 Å². The van der Waals surface area contributed by atoms with Gasteiger partial charge < -0.3 is 24.7 Å². The van der Waals surface area contributed by atoms with E-state index in [0.717, 1.165) is 5.56 Å². The third-order valence-corrected chi connectivity index (χ3v) is 2.80. The molecule has 104 valence electrons. The minimum Gasteiger partial charge on any atom is -0.493 e. The van der Waals surface area contributed by atoms with Crippen molar-refractivity contribution >= 4 is 5.97 Å². The Hall–Kier alpha value is -1.95. The van der Waals surface area contributed by atoms with Crippen molar-refractivity contribution in [3.63, 3.8) is 0 Å². The van der Waals surface area contributed by atoms with Crippen molar-refractivity contribution in [1.29, 1.82) is 0 Å². The first-order chi connectivity index (χ1) is 9.15. The van der Waals surface area contributed by atoms with Crippen LogP contribution in [0.15, 0.2) is 12.1 Å². The van der Waals surface area contributed by atoms with Gasteiger partial charge in [0.2, 0.25) is 6.79 Å². The van der Waals surface area contributed by atoms with Gasteiger partial charge in [0.05, 0.1) is 13.7 Å². The fourth-order valence-electron chi connectivity index (χ4n) is 1.89. The molecule has 0 amide bonds. The lowest BCUT2D eigenvalue weighted by Gasteiger charge is -2.14. The van der Waals surface area contributed by atoms with Crippen molar-refractivity contribution in [2.24, 2.45) is 5.73 Å². The predicted octanol–water partition coefficient (Wildman–Crippen LogP) is 0.857. The Morgan fingerprint density at radius 3 is 2.74 bits per heavy atom. The second kappa shape index (κ2) is 5.79. The first-order valence-electron chi connectivity index (χ1n) is 6.04. The van der Waals surface area contributed by atoms with E-state index in [2.05, 4.69) is 4.74 Å². The number of benzene rings is 1. The van der Waals surface area contributed by atoms with E-state index in [1.54, 1.807) is 12.1 Å². The Morgan fingerprint density at radius 1 is 1.42 bits per heavy atom. The number of rotatable bonds is 5. The normalized spacial score (nSPS) is 14.1. The zero-order valence-electron chi connectivity index (χ0n) is 11.0. The third kappa shape index (κ3) is 2.90. The Bertz CT molecular complexity index is 474. The van der Waals surface area contributed by atoms with Crippen LogP contribution in [0.3, 0.4) is 0 Å². The molecule has 19 heavy (non-hydrogen) atoms. The predicted molar refractivity (Wildman–Crippen MR) is 67.4 cm³/mol. The molecule has 1 aliphatic heterocycles. The van der Waals surface area contributed by atoms with Crippen LogP contribution < -0.4 is 19.9 Å². The summed E-state index contributed by atoms with van der Waals surface area (Å²) in [4.78, 5) is 11.4. The smallest absolute Gasteiger partial charge is 0.322 e. The van der Waals surface area contributed by atoms with Gasteiger partial charge in [0.1, 0.15) is 11.8 Å². The molecule has 1 unspecified atom stereocenters. The highest BCUT2D eigenvalue weighted by atomic mass is 16.7. The minimum atomic E-state index is -0.732. The van der Waals surface area contributed by atoms with Gasteiger partial charge in [-0.15, -0.1) is 0 Å². The molecular formula is C13H17NO5. The quantitative estimate of drug-likeness (QED) is 0.797. The van der Waals surface area contributed by atoms with Crippen molar-refractivity contribution in [3.05, 3.63) is 17.7 Å². The van der Waals surface area contributed by atoms with Crippen molar-refractivity contribution in [3.8, 4) is 17.2 Å². The topological polar surface area (TPSA) is 80.0 Å². The molecule has 0 spiro atoms. The van der Waals surface area contributed by atoms with Crippen molar-refractivity contribution in [2.75, 3.05) is 20.5 Å². The summed E-state index contributed by atoms with van der Waals surface area (Å²) in [5.74, 6) is 1.46. The number of carbonyl (C=O) groups is 1. The van der Waals surface area contributed by atoms with Crippen LogP contribution in [0.25, 0.3) is 0 Å². The fraction of sp³-hybridized carbons (Fsp3) is 0.462. The molecule has 2 N–H and O–H groups in total. The molecule has 6 nitrogen and oxygen atoms in total. The number of hydrogen-bond donors (Lipinski definition) is 1. The zero-order chi connectivity index (χ0) is 13.8. The molecule has 0 aromatic heterocycles. The van der Waals surface area contributed by atoms with E-state index >= 15 is 0 Å². The molecule has 0 saturated carbocycles. The van der Waals surface area contributed by atoms with Gasteiger partial charge in [-0.25, -0.2) is 0 Å². The summed E-state index contributed by atoms with van der Waals surface area (Å²) in [6, 6.07) is 2.81. The summed E-state index contributed by atoms with van der Waals surface area (Å²) in [5.41, 5.74) is 6.56. The SMILES string of the molecule is CCOc1cc2c(cc1CC(N)C(=O)OC)OCO2. The lowest BCUT2D eigenvalue weighted by molar-refractivity contribution is -0.142. The van der Waals surface area contributed by atoms with Gasteiger partial charge >= 0.3 is 5.97 Å². The fourth-order valence-corrected chi connectivity index (χ4v) is 1.89. The van der Waals surface area contributed by atoms with Crippen LogP contribution in [-0.4, -0.2) is 32.5 Å². The van der Waals surface area contributed by atoms with E-state index in [1.807, 2.05) is 6.92 Å². The number of methoxy groups -OCH3 is 1. The number of fused-ring (bicyclic) bond motifs is 1. The number of ether oxygens (including phenoxy) is 4. The van der Waals surface area contributed by atoms with Gasteiger partial charge in [-0.05, 0) is 13.0 Å². The number of carbonyl (C=O) groups excluding carboxylic acids is 1. The van der Waals surface area contributed by atoms with E-state index in [-0.39, 0.29) is 6.79 Å². The molecule has 0 fully saturated rings. The molecule has 2 rings (SSSR count). The maximum Gasteiger partial charge on any atom is 0.322 e. The van der Waals surface area contributed by atoms with Crippen LogP contribution in [0.4, 0.5) is 0 Å². The monoisotopic (exact) mass is 267 g/mol. The molecule has 0 saturated heterocycles. The standard InChI is InChI=1S/C13H17NO5/c1-3-17-10-6-12-11(18-7-19-12)5-8(10)4-9(14)13(15)16-2/h5-6,9H,3-4,7,14H2,1-2H3. The molecule has 1 atom stereocenters. The van der Waals surface area contributed by atoms with Crippen LogP contribution in [0.5, 0.6) is 17.2 Å². The Labute approximate surface area is 111 Å². The minimum absolute atomic E-state index is 0.188. The lowest BCUT2D eigenvalue weighted by atomic mass is 10.0. The van der Waals surface area contributed by atoms with Crippen LogP contribution in [0.1, 0.15) is 12.5 Å². The summed E-state index contributed by atoms with van der Waals surface area (Å²) in [7, 11) is 1.31. The number of hydrogen-bond acceptors (Lipinski definition) is 6. The molecule has 1 aromatic carbocycles.